The molecule has 3 atom stereocenters. The molecule has 0 aromatic rings. The van der Waals surface area contributed by atoms with Crippen LogP contribution in [0.2, 0.25) is 0 Å². The average Bonchev–Trinajstić information content (AvgIpc) is 3.21. The fraction of sp³-hybridized carbons (Fsp3) is 0.680. The number of aliphatic hydroxyl groups is 1. The minimum absolute atomic E-state index is 0.0109. The topological polar surface area (TPSA) is 131 Å². The Morgan fingerprint density at radius 2 is 1.10 bits per heavy atom. The van der Waals surface area contributed by atoms with Gasteiger partial charge in [-0.3, -0.25) is 14.2 Å². The predicted octanol–water partition coefficient (Wildman–Crippen LogP) is 11.9. The van der Waals surface area contributed by atoms with E-state index < -0.39 is 38.6 Å². The van der Waals surface area contributed by atoms with Crippen LogP contribution in [0.5, 0.6) is 0 Å². The van der Waals surface area contributed by atoms with E-state index in [9.17, 15) is 24.2 Å². The van der Waals surface area contributed by atoms with Crippen molar-refractivity contribution in [2.45, 2.75) is 174 Å². The van der Waals surface area contributed by atoms with Crippen LogP contribution in [-0.4, -0.2) is 81.2 Å². The van der Waals surface area contributed by atoms with Gasteiger partial charge in [0, 0.05) is 12.8 Å². The molecule has 0 aromatic carbocycles. The second-order valence-corrected chi connectivity index (χ2v) is 18.0. The molecular weight excluding hydrogens is 790 g/mol. The van der Waals surface area contributed by atoms with Gasteiger partial charge in [-0.05, 0) is 83.5 Å². The Morgan fingerprint density at radius 3 is 1.69 bits per heavy atom. The number of carbonyl (C=O) groups is 2. The van der Waals surface area contributed by atoms with Gasteiger partial charge in [-0.15, -0.1) is 0 Å². The Balaban J connectivity index is 4.58. The van der Waals surface area contributed by atoms with Crippen molar-refractivity contribution >= 4 is 19.8 Å². The molecule has 0 aliphatic rings. The molecule has 0 saturated carbocycles. The van der Waals surface area contributed by atoms with Gasteiger partial charge in [0.15, 0.2) is 6.10 Å². The first-order valence-corrected chi connectivity index (χ1v) is 24.9. The Labute approximate surface area is 372 Å². The highest BCUT2D eigenvalue weighted by Crippen LogP contribution is 2.38. The Morgan fingerprint density at radius 1 is 0.607 bits per heavy atom. The standard InChI is InChI=1S/C50H86NO9P/c1-6-8-10-12-14-16-18-20-21-22-23-24-25-27-29-31-33-35-37-41-49(53)57-45-48(46-59-61(55,56)58-44-43-51(3,4)5)60-50(54)42-38-40-47(52)39-36-34-32-30-28-26-19-17-15-13-11-9-7-2/h14,16,20-21,23-24,26-29,32,34,36,39,47-48,52H,6-13,15,17-19,22,25,30-31,33,35,37-38,40-46H2,1-5H3/b16-14-,21-20-,24-23-,28-26+,29-27-,34-32+,39-36+/t47?,48-/m1/s1. The highest BCUT2D eigenvalue weighted by atomic mass is 31.2. The van der Waals surface area contributed by atoms with E-state index in [0.717, 1.165) is 51.4 Å². The summed E-state index contributed by atoms with van der Waals surface area (Å²) >= 11 is 0. The van der Waals surface area contributed by atoms with Gasteiger partial charge in [-0.2, -0.15) is 0 Å². The number of ether oxygens (including phenoxy) is 2. The van der Waals surface area contributed by atoms with Crippen LogP contribution in [0.1, 0.15) is 162 Å². The number of likely N-dealkylation sites (N-methyl/N-ethyl adjacent to an activating group) is 1. The number of unbranched alkanes of at least 4 members (excludes halogenated alkanes) is 12. The van der Waals surface area contributed by atoms with Crippen LogP contribution < -0.4 is 4.89 Å². The number of allylic oxidation sites excluding steroid dienone is 13. The van der Waals surface area contributed by atoms with Gasteiger partial charge in [0.2, 0.25) is 0 Å². The third-order valence-corrected chi connectivity index (χ3v) is 10.5. The first-order chi connectivity index (χ1) is 29.4. The monoisotopic (exact) mass is 876 g/mol. The maximum atomic E-state index is 12.7. The number of aliphatic hydroxyl groups excluding tert-OH is 1. The number of carbonyl (C=O) groups excluding carboxylic acids is 2. The summed E-state index contributed by atoms with van der Waals surface area (Å²) < 4.78 is 33.7. The molecule has 0 spiro atoms. The minimum Gasteiger partial charge on any atom is -0.756 e. The molecule has 0 heterocycles. The van der Waals surface area contributed by atoms with Crippen molar-refractivity contribution in [3.63, 3.8) is 0 Å². The van der Waals surface area contributed by atoms with Gasteiger partial charge in [0.25, 0.3) is 7.82 Å². The molecule has 0 fully saturated rings. The zero-order valence-corrected chi connectivity index (χ0v) is 39.8. The van der Waals surface area contributed by atoms with Crippen molar-refractivity contribution in [2.24, 2.45) is 0 Å². The van der Waals surface area contributed by atoms with Crippen LogP contribution in [-0.2, 0) is 32.7 Å². The lowest BCUT2D eigenvalue weighted by atomic mass is 10.1. The third kappa shape index (κ3) is 45.0. The second-order valence-electron chi connectivity index (χ2n) is 16.6. The minimum atomic E-state index is -4.69. The first-order valence-electron chi connectivity index (χ1n) is 23.4. The number of quaternary nitrogens is 1. The van der Waals surface area contributed by atoms with Crippen molar-refractivity contribution in [3.8, 4) is 0 Å². The number of nitrogens with zero attached hydrogens (tertiary/aromatic N) is 1. The molecule has 0 amide bonds. The summed E-state index contributed by atoms with van der Waals surface area (Å²) in [5.41, 5.74) is 0. The number of phosphoric acid groups is 1. The molecule has 0 saturated heterocycles. The number of rotatable bonds is 41. The van der Waals surface area contributed by atoms with Crippen molar-refractivity contribution in [1.29, 1.82) is 0 Å². The van der Waals surface area contributed by atoms with Crippen LogP contribution in [0.4, 0.5) is 0 Å². The average molecular weight is 876 g/mol. The number of phosphoric ester groups is 1. The van der Waals surface area contributed by atoms with E-state index in [4.69, 9.17) is 18.5 Å². The smallest absolute Gasteiger partial charge is 0.306 e. The molecule has 2 unspecified atom stereocenters. The third-order valence-electron chi connectivity index (χ3n) is 9.49. The first kappa shape index (κ1) is 58.1. The summed E-state index contributed by atoms with van der Waals surface area (Å²) in [4.78, 5) is 37.6. The lowest BCUT2D eigenvalue weighted by Gasteiger charge is -2.28. The molecule has 1 N–H and O–H groups in total. The van der Waals surface area contributed by atoms with E-state index in [1.165, 1.54) is 64.2 Å². The molecule has 0 aliphatic carbocycles. The van der Waals surface area contributed by atoms with E-state index in [-0.39, 0.29) is 26.1 Å². The zero-order chi connectivity index (χ0) is 45.1. The molecular formula is C50H86NO9P. The number of hydrogen-bond acceptors (Lipinski definition) is 9. The van der Waals surface area contributed by atoms with Gasteiger partial charge in [0.1, 0.15) is 19.8 Å². The highest BCUT2D eigenvalue weighted by molar-refractivity contribution is 7.45. The molecule has 10 nitrogen and oxygen atoms in total. The second kappa shape index (κ2) is 41.2. The van der Waals surface area contributed by atoms with Crippen LogP contribution in [0.15, 0.2) is 85.1 Å². The van der Waals surface area contributed by atoms with Gasteiger partial charge >= 0.3 is 11.9 Å². The van der Waals surface area contributed by atoms with E-state index in [1.807, 2.05) is 33.3 Å². The number of hydrogen-bond donors (Lipinski definition) is 1. The van der Waals surface area contributed by atoms with Crippen molar-refractivity contribution in [2.75, 3.05) is 47.5 Å². The maximum absolute atomic E-state index is 12.7. The number of esters is 2. The Kier molecular flexibility index (Phi) is 39.3. The molecule has 0 bridgehead atoms. The van der Waals surface area contributed by atoms with Crippen LogP contribution in [0.3, 0.4) is 0 Å². The van der Waals surface area contributed by atoms with E-state index in [2.05, 4.69) is 74.6 Å². The highest BCUT2D eigenvalue weighted by Gasteiger charge is 2.22. The predicted molar refractivity (Wildman–Crippen MR) is 251 cm³/mol. The summed E-state index contributed by atoms with van der Waals surface area (Å²) in [5.74, 6) is -1.08. The molecule has 0 aromatic heterocycles. The summed E-state index contributed by atoms with van der Waals surface area (Å²) in [6.07, 6.45) is 49.3. The van der Waals surface area contributed by atoms with Gasteiger partial charge in [0.05, 0.1) is 33.9 Å². The van der Waals surface area contributed by atoms with Crippen LogP contribution in [0, 0.1) is 0 Å². The zero-order valence-electron chi connectivity index (χ0n) is 38.9. The molecule has 11 heteroatoms. The molecule has 0 aliphatic heterocycles. The molecule has 61 heavy (non-hydrogen) atoms. The Bertz CT molecular complexity index is 1330. The van der Waals surface area contributed by atoms with E-state index >= 15 is 0 Å². The summed E-state index contributed by atoms with van der Waals surface area (Å²) in [6, 6.07) is 0. The van der Waals surface area contributed by atoms with Crippen LogP contribution >= 0.6 is 7.82 Å². The summed E-state index contributed by atoms with van der Waals surface area (Å²) in [7, 11) is 1.02. The fourth-order valence-electron chi connectivity index (χ4n) is 5.76. The van der Waals surface area contributed by atoms with Gasteiger partial charge in [-0.1, -0.05) is 150 Å². The summed E-state index contributed by atoms with van der Waals surface area (Å²) in [5, 5.41) is 10.3. The van der Waals surface area contributed by atoms with E-state index in [1.54, 1.807) is 12.2 Å². The fourth-order valence-corrected chi connectivity index (χ4v) is 6.49. The normalized spacial score (nSPS) is 14.8. The lowest BCUT2D eigenvalue weighted by molar-refractivity contribution is -0.870. The summed E-state index contributed by atoms with van der Waals surface area (Å²) in [6.45, 7) is 3.91. The SMILES string of the molecule is CCCCC/C=C\C/C=C\C/C=C\C/C=C\CCCCCC(=O)OC[C@H](COP(=O)([O-])OCC[N+](C)(C)C)OC(=O)CCCC(O)/C=C/C=C/C/C=C/CCCCCCCC. The van der Waals surface area contributed by atoms with Crippen molar-refractivity contribution in [1.82, 2.24) is 0 Å². The Hall–Kier alpha value is -2.85. The largest absolute Gasteiger partial charge is 0.756 e. The molecule has 350 valence electrons. The molecule has 0 rings (SSSR count). The molecule has 0 radical (unpaired) electrons. The quantitative estimate of drug-likeness (QED) is 0.0159. The van der Waals surface area contributed by atoms with Gasteiger partial charge < -0.3 is 33.0 Å². The van der Waals surface area contributed by atoms with Crippen LogP contribution in [0.25, 0.3) is 0 Å². The van der Waals surface area contributed by atoms with Crippen molar-refractivity contribution in [3.05, 3.63) is 85.1 Å². The van der Waals surface area contributed by atoms with Gasteiger partial charge in [-0.25, -0.2) is 0 Å². The maximum Gasteiger partial charge on any atom is 0.306 e. The van der Waals surface area contributed by atoms with Crippen molar-refractivity contribution < 1.29 is 47.2 Å². The van der Waals surface area contributed by atoms with E-state index in [0.29, 0.717) is 30.3 Å². The lowest BCUT2D eigenvalue weighted by Crippen LogP contribution is -2.37.